The Morgan fingerprint density at radius 3 is 2.61 bits per heavy atom. The lowest BCUT2D eigenvalue weighted by Gasteiger charge is -2.32. The minimum Gasteiger partial charge on any atom is -0.337 e. The van der Waals surface area contributed by atoms with Gasteiger partial charge in [-0.2, -0.15) is 13.2 Å². The molecule has 1 aliphatic rings. The van der Waals surface area contributed by atoms with Gasteiger partial charge < -0.3 is 10.1 Å². The minimum absolute atomic E-state index is 0.0147. The third kappa shape index (κ3) is 3.31. The summed E-state index contributed by atoms with van der Waals surface area (Å²) < 4.78 is 46.9. The molecule has 7 heteroatoms. The summed E-state index contributed by atoms with van der Waals surface area (Å²) in [6.45, 7) is 4.58. The van der Waals surface area contributed by atoms with E-state index in [0.717, 1.165) is 6.07 Å². The van der Waals surface area contributed by atoms with Crippen molar-refractivity contribution in [3.63, 3.8) is 0 Å². The van der Waals surface area contributed by atoms with Crippen LogP contribution in [-0.2, 0) is 15.1 Å². The van der Waals surface area contributed by atoms with Crippen molar-refractivity contribution in [1.82, 2.24) is 0 Å². The first-order chi connectivity index (χ1) is 10.6. The van der Waals surface area contributed by atoms with Gasteiger partial charge in [0.1, 0.15) is 6.10 Å². The molecule has 2 atom stereocenters. The smallest absolute Gasteiger partial charge is 0.337 e. The lowest BCUT2D eigenvalue weighted by atomic mass is 9.91. The van der Waals surface area contributed by atoms with E-state index in [-0.39, 0.29) is 22.2 Å². The Balaban J connectivity index is 2.80. The van der Waals surface area contributed by atoms with E-state index < -0.39 is 23.8 Å². The molecule has 0 radical (unpaired) electrons. The number of alkyl halides is 3. The van der Waals surface area contributed by atoms with Gasteiger partial charge in [-0.1, -0.05) is 37.3 Å². The third-order valence-corrected chi connectivity index (χ3v) is 3.51. The van der Waals surface area contributed by atoms with Gasteiger partial charge in [-0.3, -0.25) is 4.79 Å². The van der Waals surface area contributed by atoms with Crippen LogP contribution in [0, 0.1) is 17.8 Å². The molecule has 0 aromatic heterocycles. The molecule has 0 aliphatic carbocycles. The predicted molar refractivity (Wildman–Crippen MR) is 81.0 cm³/mol. The second-order valence-corrected chi connectivity index (χ2v) is 5.98. The van der Waals surface area contributed by atoms with Crippen LogP contribution in [0.4, 0.5) is 18.9 Å². The van der Waals surface area contributed by atoms with Crippen molar-refractivity contribution in [2.75, 3.05) is 5.32 Å². The Bertz CT molecular complexity index is 691. The molecule has 0 fully saturated rings. The van der Waals surface area contributed by atoms with Gasteiger partial charge in [-0.25, -0.2) is 0 Å². The van der Waals surface area contributed by atoms with Gasteiger partial charge in [0.2, 0.25) is 0 Å². The number of rotatable bonds is 0. The predicted octanol–water partition coefficient (Wildman–Crippen LogP) is 4.11. The molecule has 2 rings (SSSR count). The average molecular weight is 346 g/mol. The second kappa shape index (κ2) is 6.06. The van der Waals surface area contributed by atoms with Crippen LogP contribution in [0.5, 0.6) is 0 Å². The van der Waals surface area contributed by atoms with E-state index in [1.807, 2.05) is 0 Å². The fraction of sp³-hybridized carbons (Fsp3) is 0.438. The fourth-order valence-corrected chi connectivity index (χ4v) is 2.34. The van der Waals surface area contributed by atoms with E-state index in [1.165, 1.54) is 19.1 Å². The third-order valence-electron chi connectivity index (χ3n) is 3.28. The lowest BCUT2D eigenvalue weighted by molar-refractivity contribution is -0.266. The molecule has 0 saturated heterocycles. The maximum Gasteiger partial charge on any atom is 0.433 e. The molecule has 3 nitrogen and oxygen atoms in total. The number of anilines is 1. The zero-order chi connectivity index (χ0) is 17.4. The van der Waals surface area contributed by atoms with Crippen molar-refractivity contribution in [1.29, 1.82) is 0 Å². The summed E-state index contributed by atoms with van der Waals surface area (Å²) in [5, 5.41) is 2.52. The molecular weight excluding hydrogens is 331 g/mol. The first-order valence-electron chi connectivity index (χ1n) is 6.95. The van der Waals surface area contributed by atoms with E-state index >= 15 is 0 Å². The van der Waals surface area contributed by atoms with Crippen LogP contribution in [0.2, 0.25) is 5.02 Å². The molecule has 0 unspecified atom stereocenters. The largest absolute Gasteiger partial charge is 0.433 e. The zero-order valence-electron chi connectivity index (χ0n) is 12.7. The van der Waals surface area contributed by atoms with Gasteiger partial charge in [0, 0.05) is 22.2 Å². The highest BCUT2D eigenvalue weighted by molar-refractivity contribution is 6.30. The Morgan fingerprint density at radius 1 is 1.39 bits per heavy atom. The fourth-order valence-electron chi connectivity index (χ4n) is 2.17. The molecule has 0 bridgehead atoms. The summed E-state index contributed by atoms with van der Waals surface area (Å²) in [5.74, 6) is 3.73. The zero-order valence-corrected chi connectivity index (χ0v) is 13.5. The number of benzene rings is 1. The van der Waals surface area contributed by atoms with E-state index in [1.54, 1.807) is 13.8 Å². The summed E-state index contributed by atoms with van der Waals surface area (Å²) in [5.41, 5.74) is -3.25. The topological polar surface area (TPSA) is 38.3 Å². The van der Waals surface area contributed by atoms with Gasteiger partial charge in [0.15, 0.2) is 0 Å². The molecular formula is C16H15ClF3NO2. The number of fused-ring (bicyclic) bond motifs is 1. The van der Waals surface area contributed by atoms with Crippen LogP contribution < -0.4 is 5.32 Å². The second-order valence-electron chi connectivity index (χ2n) is 5.54. The lowest BCUT2D eigenvalue weighted by Crippen LogP contribution is -2.46. The molecule has 1 amide bonds. The molecule has 1 aliphatic heterocycles. The Labute approximate surface area is 137 Å². The molecule has 23 heavy (non-hydrogen) atoms. The van der Waals surface area contributed by atoms with Gasteiger partial charge >= 0.3 is 6.18 Å². The standard InChI is InChI=1S/C16H15ClF3NO2/c1-9(2)6-7-15(16(18,19)20)12-8-11(17)4-5-13(12)21-14(22)10(3)23-15/h4-5,8-10H,1-3H3,(H,21,22)/t10-,15-/m0/s1. The molecule has 0 spiro atoms. The number of ether oxygens (including phenoxy) is 1. The van der Waals surface area contributed by atoms with Gasteiger partial charge in [0.25, 0.3) is 11.5 Å². The monoisotopic (exact) mass is 345 g/mol. The number of hydrogen-bond acceptors (Lipinski definition) is 2. The Hall–Kier alpha value is -1.71. The van der Waals surface area contributed by atoms with Crippen molar-refractivity contribution in [3.8, 4) is 11.8 Å². The van der Waals surface area contributed by atoms with Crippen molar-refractivity contribution < 1.29 is 22.7 Å². The Morgan fingerprint density at radius 2 is 2.04 bits per heavy atom. The van der Waals surface area contributed by atoms with E-state index in [9.17, 15) is 18.0 Å². The van der Waals surface area contributed by atoms with Crippen molar-refractivity contribution >= 4 is 23.2 Å². The van der Waals surface area contributed by atoms with Gasteiger partial charge in [-0.05, 0) is 25.1 Å². The summed E-state index contributed by atoms with van der Waals surface area (Å²) >= 11 is 5.86. The van der Waals surface area contributed by atoms with Crippen LogP contribution in [0.15, 0.2) is 18.2 Å². The van der Waals surface area contributed by atoms with Crippen LogP contribution in [-0.4, -0.2) is 18.2 Å². The molecule has 1 N–H and O–H groups in total. The minimum atomic E-state index is -4.85. The molecule has 0 saturated carbocycles. The van der Waals surface area contributed by atoms with E-state index in [0.29, 0.717) is 0 Å². The number of amides is 1. The molecule has 1 aromatic rings. The van der Waals surface area contributed by atoms with Crippen LogP contribution in [0.3, 0.4) is 0 Å². The van der Waals surface area contributed by atoms with Crippen molar-refractivity contribution in [2.24, 2.45) is 5.92 Å². The average Bonchev–Trinajstić information content (AvgIpc) is 2.53. The van der Waals surface area contributed by atoms with E-state index in [2.05, 4.69) is 17.2 Å². The Kier molecular flexibility index (Phi) is 4.65. The number of nitrogens with one attached hydrogen (secondary N) is 1. The highest BCUT2D eigenvalue weighted by Gasteiger charge is 2.60. The SMILES string of the molecule is CC(C)C#C[C@]1(C(F)(F)F)O[C@@H](C)C(=O)Nc2ccc(Cl)cc21. The normalized spacial score (nSPS) is 24.3. The summed E-state index contributed by atoms with van der Waals surface area (Å²) in [6.07, 6.45) is -6.18. The van der Waals surface area contributed by atoms with Gasteiger partial charge in [0.05, 0.1) is 0 Å². The highest BCUT2D eigenvalue weighted by Crippen LogP contribution is 2.47. The van der Waals surface area contributed by atoms with E-state index in [4.69, 9.17) is 16.3 Å². The maximum absolute atomic E-state index is 13.9. The van der Waals surface area contributed by atoms with Crippen molar-refractivity contribution in [2.45, 2.75) is 38.7 Å². The number of carbonyl (C=O) groups is 1. The quantitative estimate of drug-likeness (QED) is 0.718. The summed E-state index contributed by atoms with van der Waals surface area (Å²) in [6, 6.07) is 3.83. The summed E-state index contributed by atoms with van der Waals surface area (Å²) in [7, 11) is 0. The highest BCUT2D eigenvalue weighted by atomic mass is 35.5. The number of halogens is 4. The molecule has 1 aromatic carbocycles. The summed E-state index contributed by atoms with van der Waals surface area (Å²) in [4.78, 5) is 11.9. The van der Waals surface area contributed by atoms with Crippen LogP contribution >= 0.6 is 11.6 Å². The van der Waals surface area contributed by atoms with Gasteiger partial charge in [-0.15, -0.1) is 0 Å². The maximum atomic E-state index is 13.9. The van der Waals surface area contributed by atoms with Crippen LogP contribution in [0.25, 0.3) is 0 Å². The van der Waals surface area contributed by atoms with Crippen molar-refractivity contribution in [3.05, 3.63) is 28.8 Å². The first kappa shape index (κ1) is 17.6. The molecule has 124 valence electrons. The molecule has 1 heterocycles. The number of carbonyl (C=O) groups excluding carboxylic acids is 1. The first-order valence-corrected chi connectivity index (χ1v) is 7.33. The number of hydrogen-bond donors (Lipinski definition) is 1. The van der Waals surface area contributed by atoms with Crippen LogP contribution in [0.1, 0.15) is 26.3 Å².